The Bertz CT molecular complexity index is 477. The minimum atomic E-state index is -3.30. The molecule has 0 saturated heterocycles. The van der Waals surface area contributed by atoms with Crippen LogP contribution >= 0.6 is 0 Å². The molecule has 20 heavy (non-hydrogen) atoms. The summed E-state index contributed by atoms with van der Waals surface area (Å²) < 4.78 is 7.21. The van der Waals surface area contributed by atoms with Crippen LogP contribution in [-0.2, 0) is 26.7 Å². The predicted octanol–water partition coefficient (Wildman–Crippen LogP) is 2.94. The van der Waals surface area contributed by atoms with E-state index in [2.05, 4.69) is 56.1 Å². The maximum absolute atomic E-state index is 11.2. The summed E-state index contributed by atoms with van der Waals surface area (Å²) >= 11 is -3.30. The molecule has 112 valence electrons. The van der Waals surface area contributed by atoms with Gasteiger partial charge in [-0.25, -0.2) is 0 Å². The fourth-order valence-corrected chi connectivity index (χ4v) is 9.49. The SMILES string of the molecule is CC1=C(C)C(C)[C]([Ti]([NH]C=O)([NH]C=O)[C](C)(C)C)=C1C. The summed E-state index contributed by atoms with van der Waals surface area (Å²) in [6.07, 6.45) is 1.50. The summed E-state index contributed by atoms with van der Waals surface area (Å²) in [4.78, 5) is 22.4. The normalized spacial score (nSPS) is 20.2. The maximum atomic E-state index is 11.2. The Morgan fingerprint density at radius 1 is 1.00 bits per heavy atom. The van der Waals surface area contributed by atoms with Crippen molar-refractivity contribution in [1.82, 2.24) is 7.60 Å². The van der Waals surface area contributed by atoms with Gasteiger partial charge in [0.05, 0.1) is 0 Å². The molecule has 0 aromatic rings. The van der Waals surface area contributed by atoms with Crippen molar-refractivity contribution in [3.05, 3.63) is 20.6 Å². The molecule has 0 fully saturated rings. The molecule has 0 aromatic heterocycles. The molecule has 5 heteroatoms. The van der Waals surface area contributed by atoms with E-state index in [0.29, 0.717) is 0 Å². The van der Waals surface area contributed by atoms with Crippen molar-refractivity contribution in [3.8, 4) is 0 Å². The summed E-state index contributed by atoms with van der Waals surface area (Å²) in [6, 6.07) is 0. The zero-order chi connectivity index (χ0) is 15.7. The Labute approximate surface area is 126 Å². The van der Waals surface area contributed by atoms with Crippen LogP contribution in [0.3, 0.4) is 0 Å². The summed E-state index contributed by atoms with van der Waals surface area (Å²) in [7, 11) is 0. The van der Waals surface area contributed by atoms with Gasteiger partial charge in [0.15, 0.2) is 0 Å². The Morgan fingerprint density at radius 3 is 1.70 bits per heavy atom. The monoisotopic (exact) mass is 314 g/mol. The van der Waals surface area contributed by atoms with Crippen LogP contribution in [-0.4, -0.2) is 12.8 Å². The summed E-state index contributed by atoms with van der Waals surface area (Å²) in [5, 5.41) is 0. The van der Waals surface area contributed by atoms with E-state index in [1.807, 2.05) is 0 Å². The van der Waals surface area contributed by atoms with Gasteiger partial charge < -0.3 is 0 Å². The zero-order valence-corrected chi connectivity index (χ0v) is 15.1. The first kappa shape index (κ1) is 17.2. The van der Waals surface area contributed by atoms with Crippen LogP contribution in [0.5, 0.6) is 0 Å². The van der Waals surface area contributed by atoms with Gasteiger partial charge >= 0.3 is 126 Å². The molecule has 0 aliphatic heterocycles. The molecule has 1 aliphatic rings. The van der Waals surface area contributed by atoms with Gasteiger partial charge in [0.2, 0.25) is 0 Å². The first-order chi connectivity index (χ1) is 9.14. The third-order valence-corrected chi connectivity index (χ3v) is 12.5. The predicted molar refractivity (Wildman–Crippen MR) is 78.4 cm³/mol. The van der Waals surface area contributed by atoms with E-state index in [9.17, 15) is 9.59 Å². The van der Waals surface area contributed by atoms with Gasteiger partial charge in [-0.2, -0.15) is 0 Å². The number of carbonyl (C=O) groups excluding carboxylic acids is 2. The Morgan fingerprint density at radius 2 is 1.45 bits per heavy atom. The van der Waals surface area contributed by atoms with E-state index < -0.39 is 17.1 Å². The molecule has 0 bridgehead atoms. The van der Waals surface area contributed by atoms with Gasteiger partial charge in [-0.15, -0.1) is 0 Å². The van der Waals surface area contributed by atoms with Crippen LogP contribution in [0.2, 0.25) is 3.72 Å². The molecule has 0 radical (unpaired) electrons. The topological polar surface area (TPSA) is 58.2 Å². The average molecular weight is 314 g/mol. The Hall–Kier alpha value is -0.866. The quantitative estimate of drug-likeness (QED) is 0.605. The first-order valence-corrected chi connectivity index (χ1v) is 10.1. The average Bonchev–Trinajstić information content (AvgIpc) is 2.53. The minimum absolute atomic E-state index is 0.169. The van der Waals surface area contributed by atoms with Crippen molar-refractivity contribution in [3.63, 3.8) is 0 Å². The first-order valence-electron chi connectivity index (χ1n) is 6.95. The molecule has 0 saturated carbocycles. The van der Waals surface area contributed by atoms with Crippen LogP contribution in [0, 0.1) is 5.92 Å². The van der Waals surface area contributed by atoms with E-state index in [1.165, 1.54) is 20.6 Å². The van der Waals surface area contributed by atoms with E-state index in [4.69, 9.17) is 0 Å². The molecule has 2 amide bonds. The Kier molecular flexibility index (Phi) is 5.04. The van der Waals surface area contributed by atoms with Gasteiger partial charge in [0.25, 0.3) is 0 Å². The van der Waals surface area contributed by atoms with Crippen molar-refractivity contribution < 1.29 is 26.7 Å². The molecule has 0 aromatic carbocycles. The number of rotatable bonds is 5. The summed E-state index contributed by atoms with van der Waals surface area (Å²) in [6.45, 7) is 14.8. The second kappa shape index (κ2) is 5.86. The van der Waals surface area contributed by atoms with Crippen molar-refractivity contribution >= 4 is 12.8 Å². The molecule has 0 spiro atoms. The number of allylic oxidation sites excluding steroid dienone is 4. The molecule has 2 N–H and O–H groups in total. The van der Waals surface area contributed by atoms with Crippen molar-refractivity contribution in [2.24, 2.45) is 5.92 Å². The summed E-state index contributed by atoms with van der Waals surface area (Å²) in [5.41, 5.74) is 3.85. The number of hydrogen-bond acceptors (Lipinski definition) is 2. The third kappa shape index (κ3) is 2.51. The van der Waals surface area contributed by atoms with E-state index in [-0.39, 0.29) is 9.64 Å². The molecule has 4 nitrogen and oxygen atoms in total. The third-order valence-electron chi connectivity index (χ3n) is 4.72. The molecule has 1 aliphatic carbocycles. The van der Waals surface area contributed by atoms with E-state index >= 15 is 0 Å². The van der Waals surface area contributed by atoms with Gasteiger partial charge in [0.1, 0.15) is 0 Å². The Balaban J connectivity index is 3.55. The van der Waals surface area contributed by atoms with Gasteiger partial charge in [-0.05, 0) is 0 Å². The number of carbonyl (C=O) groups is 2. The fraction of sp³-hybridized carbons (Fsp3) is 0.600. The van der Waals surface area contributed by atoms with Gasteiger partial charge in [0, 0.05) is 0 Å². The zero-order valence-electron chi connectivity index (χ0n) is 13.5. The van der Waals surface area contributed by atoms with Gasteiger partial charge in [-0.3, -0.25) is 0 Å². The molecular formula is C15H26N2O2Ti. The van der Waals surface area contributed by atoms with Crippen LogP contribution in [0.25, 0.3) is 0 Å². The molecule has 0 heterocycles. The standard InChI is InChI=1S/C9H13.C4H9.2CH3NO.Ti/c1-6-5-7(2)9(4)8(6)3;1-4(2)3;2*2-1-3;/h6H,1-4H3;1-3H3;2*1H,(H2,2,3);/q;;;;+2/p-2. The molecule has 1 rings (SSSR count). The van der Waals surface area contributed by atoms with Gasteiger partial charge in [-0.1, -0.05) is 0 Å². The van der Waals surface area contributed by atoms with Crippen LogP contribution < -0.4 is 7.60 Å². The fourth-order valence-electron chi connectivity index (χ4n) is 3.18. The second-order valence-corrected chi connectivity index (χ2v) is 13.0. The van der Waals surface area contributed by atoms with E-state index in [0.717, 1.165) is 12.8 Å². The van der Waals surface area contributed by atoms with Crippen LogP contribution in [0.4, 0.5) is 0 Å². The molecular weight excluding hydrogens is 288 g/mol. The molecule has 1 atom stereocenters. The second-order valence-electron chi connectivity index (χ2n) is 6.59. The number of hydrogen-bond donors (Lipinski definition) is 2. The number of amides is 2. The van der Waals surface area contributed by atoms with Crippen molar-refractivity contribution in [1.29, 1.82) is 0 Å². The molecule has 1 unspecified atom stereocenters. The number of nitrogens with one attached hydrogen (secondary N) is 2. The summed E-state index contributed by atoms with van der Waals surface area (Å²) in [5.74, 6) is 0.272. The van der Waals surface area contributed by atoms with Crippen LogP contribution in [0.1, 0.15) is 48.5 Å². The van der Waals surface area contributed by atoms with E-state index in [1.54, 1.807) is 0 Å². The van der Waals surface area contributed by atoms with Crippen molar-refractivity contribution in [2.75, 3.05) is 0 Å². The van der Waals surface area contributed by atoms with Crippen LogP contribution in [0.15, 0.2) is 20.6 Å². The van der Waals surface area contributed by atoms with Crippen molar-refractivity contribution in [2.45, 2.75) is 52.2 Å².